The van der Waals surface area contributed by atoms with E-state index in [1.807, 2.05) is 30.5 Å². The van der Waals surface area contributed by atoms with Crippen molar-refractivity contribution in [3.63, 3.8) is 0 Å². The number of hydrogen-bond acceptors (Lipinski definition) is 6. The van der Waals surface area contributed by atoms with Gasteiger partial charge in [-0.1, -0.05) is 23.9 Å². The first-order chi connectivity index (χ1) is 13.8. The lowest BCUT2D eigenvalue weighted by Crippen LogP contribution is -2.13. The average molecular weight is 430 g/mol. The molecule has 2 heterocycles. The molecule has 1 unspecified atom stereocenters. The molecule has 3 N–H and O–H groups in total. The molecule has 0 aliphatic rings. The number of hydrogen-bond donors (Lipinski definition) is 2. The van der Waals surface area contributed by atoms with E-state index in [-0.39, 0.29) is 15.7 Å². The number of aromatic nitrogens is 4. The Hall–Kier alpha value is -2.69. The smallest absolute Gasteiger partial charge is 0.258 e. The highest BCUT2D eigenvalue weighted by molar-refractivity contribution is 7.99. The molecule has 0 saturated carbocycles. The summed E-state index contributed by atoms with van der Waals surface area (Å²) in [6, 6.07) is 11.8. The summed E-state index contributed by atoms with van der Waals surface area (Å²) in [4.78, 5) is 24.4. The van der Waals surface area contributed by atoms with Crippen LogP contribution in [-0.4, -0.2) is 27.9 Å². The van der Waals surface area contributed by atoms with Gasteiger partial charge in [0.05, 0.1) is 32.1 Å². The quantitative estimate of drug-likeness (QED) is 0.470. The summed E-state index contributed by atoms with van der Waals surface area (Å²) in [6.45, 7) is 4.58. The fourth-order valence-electron chi connectivity index (χ4n) is 3.17. The van der Waals surface area contributed by atoms with Crippen LogP contribution in [0.3, 0.4) is 0 Å². The molecule has 0 amide bonds. The minimum atomic E-state index is -3.80. The van der Waals surface area contributed by atoms with E-state index in [1.54, 1.807) is 18.2 Å². The molecular formula is C19H19N5O3S2. The molecule has 2 aromatic heterocycles. The molecule has 0 fully saturated rings. The topological polar surface area (TPSA) is 124 Å². The lowest BCUT2D eigenvalue weighted by atomic mass is 10.2. The van der Waals surface area contributed by atoms with E-state index < -0.39 is 10.0 Å². The number of rotatable bonds is 5. The SMILES string of the molecule is CCn1c(SC(C)c2nc3ccccc3c(=O)[nH]2)nc2cc(S(N)(=O)=O)ccc21. The van der Waals surface area contributed by atoms with Gasteiger partial charge in [-0.2, -0.15) is 0 Å². The Balaban J connectivity index is 1.74. The molecule has 10 heteroatoms. The number of nitrogens with one attached hydrogen (secondary N) is 1. The minimum absolute atomic E-state index is 0.0240. The Kier molecular flexibility index (Phi) is 4.93. The Labute approximate surface area is 171 Å². The van der Waals surface area contributed by atoms with Gasteiger partial charge in [0, 0.05) is 6.54 Å². The number of thioether (sulfide) groups is 1. The van der Waals surface area contributed by atoms with Gasteiger partial charge < -0.3 is 9.55 Å². The maximum Gasteiger partial charge on any atom is 0.258 e. The molecule has 0 radical (unpaired) electrons. The van der Waals surface area contributed by atoms with Crippen LogP contribution in [0.4, 0.5) is 0 Å². The van der Waals surface area contributed by atoms with Crippen LogP contribution in [0.25, 0.3) is 21.9 Å². The Morgan fingerprint density at radius 1 is 1.17 bits per heavy atom. The number of imidazole rings is 1. The fourth-order valence-corrected chi connectivity index (χ4v) is 4.75. The van der Waals surface area contributed by atoms with Gasteiger partial charge in [0.2, 0.25) is 10.0 Å². The molecule has 4 aromatic rings. The number of para-hydroxylation sites is 1. The van der Waals surface area contributed by atoms with Gasteiger partial charge in [0.25, 0.3) is 5.56 Å². The molecule has 0 aliphatic heterocycles. The van der Waals surface area contributed by atoms with Crippen molar-refractivity contribution >= 4 is 43.7 Å². The Bertz CT molecular complexity index is 1390. The molecule has 0 bridgehead atoms. The number of sulfonamides is 1. The van der Waals surface area contributed by atoms with Crippen molar-refractivity contribution in [2.24, 2.45) is 5.14 Å². The van der Waals surface area contributed by atoms with E-state index in [0.717, 1.165) is 5.52 Å². The first-order valence-electron chi connectivity index (χ1n) is 8.96. The zero-order valence-electron chi connectivity index (χ0n) is 15.8. The summed E-state index contributed by atoms with van der Waals surface area (Å²) in [6.07, 6.45) is 0. The lowest BCUT2D eigenvalue weighted by molar-refractivity contribution is 0.598. The monoisotopic (exact) mass is 429 g/mol. The summed E-state index contributed by atoms with van der Waals surface area (Å²) in [7, 11) is -3.80. The highest BCUT2D eigenvalue weighted by atomic mass is 32.2. The number of H-pyrrole nitrogens is 1. The first kappa shape index (κ1) is 19.6. The van der Waals surface area contributed by atoms with E-state index in [2.05, 4.69) is 15.0 Å². The average Bonchev–Trinajstić information content (AvgIpc) is 3.03. The molecule has 0 aliphatic carbocycles. The second-order valence-electron chi connectivity index (χ2n) is 6.56. The molecule has 150 valence electrons. The number of aromatic amines is 1. The van der Waals surface area contributed by atoms with Crippen molar-refractivity contribution in [3.05, 3.63) is 58.6 Å². The third-order valence-corrected chi connectivity index (χ3v) is 6.64. The Morgan fingerprint density at radius 2 is 1.93 bits per heavy atom. The van der Waals surface area contributed by atoms with Crippen molar-refractivity contribution in [1.82, 2.24) is 19.5 Å². The van der Waals surface area contributed by atoms with E-state index in [9.17, 15) is 13.2 Å². The van der Waals surface area contributed by atoms with Gasteiger partial charge in [-0.25, -0.2) is 23.5 Å². The predicted molar refractivity (Wildman–Crippen MR) is 113 cm³/mol. The van der Waals surface area contributed by atoms with Gasteiger partial charge in [-0.3, -0.25) is 4.79 Å². The number of nitrogens with two attached hydrogens (primary N) is 1. The molecule has 8 nitrogen and oxygen atoms in total. The lowest BCUT2D eigenvalue weighted by Gasteiger charge is -2.12. The van der Waals surface area contributed by atoms with Crippen LogP contribution in [0.1, 0.15) is 24.9 Å². The van der Waals surface area contributed by atoms with Crippen molar-refractivity contribution < 1.29 is 8.42 Å². The Morgan fingerprint density at radius 3 is 2.66 bits per heavy atom. The van der Waals surface area contributed by atoms with Crippen LogP contribution < -0.4 is 10.7 Å². The standard InChI is InChI=1S/C19H19N5O3S2/c1-3-24-16-9-8-12(29(20,26)27)10-15(16)22-19(24)28-11(2)17-21-14-7-5-4-6-13(14)18(25)23-17/h4-11H,3H2,1-2H3,(H2,20,26,27)(H,21,23,25). The van der Waals surface area contributed by atoms with Gasteiger partial charge in [-0.05, 0) is 44.2 Å². The predicted octanol–water partition coefficient (Wildman–Crippen LogP) is 2.79. The van der Waals surface area contributed by atoms with Crippen LogP contribution in [0.5, 0.6) is 0 Å². The summed E-state index contributed by atoms with van der Waals surface area (Å²) in [5, 5.41) is 6.31. The summed E-state index contributed by atoms with van der Waals surface area (Å²) in [5.74, 6) is 0.554. The van der Waals surface area contributed by atoms with E-state index in [1.165, 1.54) is 23.9 Å². The van der Waals surface area contributed by atoms with Crippen molar-refractivity contribution in [2.45, 2.75) is 35.7 Å². The molecule has 0 spiro atoms. The number of aryl methyl sites for hydroxylation is 1. The van der Waals surface area contributed by atoms with Gasteiger partial charge in [-0.15, -0.1) is 0 Å². The van der Waals surface area contributed by atoms with Gasteiger partial charge in [0.15, 0.2) is 5.16 Å². The van der Waals surface area contributed by atoms with Crippen molar-refractivity contribution in [3.8, 4) is 0 Å². The van der Waals surface area contributed by atoms with Crippen molar-refractivity contribution in [1.29, 1.82) is 0 Å². The summed E-state index contributed by atoms with van der Waals surface area (Å²) < 4.78 is 25.3. The van der Waals surface area contributed by atoms with Crippen LogP contribution in [0.2, 0.25) is 0 Å². The third kappa shape index (κ3) is 3.66. The van der Waals surface area contributed by atoms with E-state index in [4.69, 9.17) is 5.14 Å². The minimum Gasteiger partial charge on any atom is -0.319 e. The largest absolute Gasteiger partial charge is 0.319 e. The zero-order valence-corrected chi connectivity index (χ0v) is 17.4. The van der Waals surface area contributed by atoms with Crippen molar-refractivity contribution in [2.75, 3.05) is 0 Å². The molecular weight excluding hydrogens is 410 g/mol. The first-order valence-corrected chi connectivity index (χ1v) is 11.4. The number of benzene rings is 2. The second kappa shape index (κ2) is 7.29. The third-order valence-electron chi connectivity index (χ3n) is 4.63. The second-order valence-corrected chi connectivity index (χ2v) is 9.43. The van der Waals surface area contributed by atoms with E-state index >= 15 is 0 Å². The fraction of sp³-hybridized carbons (Fsp3) is 0.211. The number of fused-ring (bicyclic) bond motifs is 2. The van der Waals surface area contributed by atoms with Crippen LogP contribution in [0.15, 0.2) is 57.3 Å². The normalized spacial score (nSPS) is 13.2. The number of primary sulfonamides is 1. The van der Waals surface area contributed by atoms with Gasteiger partial charge in [0.1, 0.15) is 5.82 Å². The maximum absolute atomic E-state index is 12.4. The zero-order chi connectivity index (χ0) is 20.8. The van der Waals surface area contributed by atoms with Crippen LogP contribution in [0, 0.1) is 0 Å². The van der Waals surface area contributed by atoms with E-state index in [0.29, 0.717) is 33.9 Å². The summed E-state index contributed by atoms with van der Waals surface area (Å²) in [5.41, 5.74) is 1.82. The number of nitrogens with zero attached hydrogens (tertiary/aromatic N) is 3. The van der Waals surface area contributed by atoms with Gasteiger partial charge >= 0.3 is 0 Å². The summed E-state index contributed by atoms with van der Waals surface area (Å²) >= 11 is 1.44. The molecule has 2 aromatic carbocycles. The molecule has 1 atom stereocenters. The van der Waals surface area contributed by atoms with Crippen LogP contribution in [-0.2, 0) is 16.6 Å². The maximum atomic E-state index is 12.4. The molecule has 4 rings (SSSR count). The highest BCUT2D eigenvalue weighted by Gasteiger charge is 2.19. The molecule has 0 saturated heterocycles. The molecule has 29 heavy (non-hydrogen) atoms. The van der Waals surface area contributed by atoms with Crippen LogP contribution >= 0.6 is 11.8 Å². The highest BCUT2D eigenvalue weighted by Crippen LogP contribution is 2.35.